The number of halogens is 1. The number of amides is 1. The molecule has 19 heavy (non-hydrogen) atoms. The van der Waals surface area contributed by atoms with Crippen molar-refractivity contribution < 1.29 is 4.79 Å². The quantitative estimate of drug-likeness (QED) is 0.777. The molecule has 0 saturated carbocycles. The summed E-state index contributed by atoms with van der Waals surface area (Å²) in [4.78, 5) is 25.2. The number of para-hydroxylation sites is 1. The lowest BCUT2D eigenvalue weighted by molar-refractivity contribution is -0.115. The number of nitrogens with one attached hydrogen (secondary N) is 3. The molecule has 0 radical (unpaired) electrons. The van der Waals surface area contributed by atoms with E-state index in [0.29, 0.717) is 6.54 Å². The number of rotatable bonds is 5. The van der Waals surface area contributed by atoms with Gasteiger partial charge in [-0.25, -0.2) is 0 Å². The van der Waals surface area contributed by atoms with Crippen LogP contribution in [-0.2, 0) is 11.3 Å². The molecule has 0 aliphatic carbocycles. The molecule has 0 spiro atoms. The van der Waals surface area contributed by atoms with Crippen LogP contribution in [0.1, 0.15) is 5.69 Å². The maximum absolute atomic E-state index is 11.7. The second-order valence-electron chi connectivity index (χ2n) is 3.80. The Labute approximate surface area is 122 Å². The van der Waals surface area contributed by atoms with Gasteiger partial charge in [0.2, 0.25) is 5.91 Å². The van der Waals surface area contributed by atoms with Gasteiger partial charge < -0.3 is 15.6 Å². The third kappa shape index (κ3) is 4.30. The van der Waals surface area contributed by atoms with Gasteiger partial charge in [-0.05, 0) is 28.1 Å². The number of carbonyl (C=O) groups is 1. The van der Waals surface area contributed by atoms with E-state index >= 15 is 0 Å². The zero-order chi connectivity index (χ0) is 13.7. The minimum Gasteiger partial charge on any atom is -0.324 e. The molecule has 0 bridgehead atoms. The number of aromatic amines is 1. The van der Waals surface area contributed by atoms with Crippen molar-refractivity contribution in [2.75, 3.05) is 11.9 Å². The first-order chi connectivity index (χ1) is 9.15. The lowest BCUT2D eigenvalue weighted by Gasteiger charge is -2.07. The first-order valence-corrected chi connectivity index (χ1v) is 7.24. The van der Waals surface area contributed by atoms with Gasteiger partial charge in [0, 0.05) is 22.1 Å². The van der Waals surface area contributed by atoms with E-state index < -0.39 is 0 Å². The smallest absolute Gasteiger partial charge is 0.304 e. The van der Waals surface area contributed by atoms with Gasteiger partial charge in [-0.15, -0.1) is 0 Å². The third-order valence-corrected chi connectivity index (χ3v) is 3.73. The molecule has 1 aromatic carbocycles. The van der Waals surface area contributed by atoms with Crippen LogP contribution in [0, 0.1) is 0 Å². The zero-order valence-electron chi connectivity index (χ0n) is 9.90. The van der Waals surface area contributed by atoms with Crippen LogP contribution in [0.5, 0.6) is 0 Å². The van der Waals surface area contributed by atoms with E-state index in [1.165, 1.54) is 0 Å². The summed E-state index contributed by atoms with van der Waals surface area (Å²) in [6.45, 7) is 0.640. The minimum absolute atomic E-state index is 0.0885. The predicted octanol–water partition coefficient (Wildman–Crippen LogP) is 1.93. The SMILES string of the molecule is O=C(CNCc1csc(=O)[nH]1)Nc1ccccc1Br. The van der Waals surface area contributed by atoms with Crippen molar-refractivity contribution in [2.24, 2.45) is 0 Å². The number of H-pyrrole nitrogens is 1. The number of carbonyl (C=O) groups excluding carboxylic acids is 1. The highest BCUT2D eigenvalue weighted by molar-refractivity contribution is 9.10. The Morgan fingerprint density at radius 2 is 2.16 bits per heavy atom. The van der Waals surface area contributed by atoms with Crippen LogP contribution in [-0.4, -0.2) is 17.4 Å². The van der Waals surface area contributed by atoms with Crippen molar-refractivity contribution in [3.05, 3.63) is 49.5 Å². The summed E-state index contributed by atoms with van der Waals surface area (Å²) >= 11 is 4.47. The zero-order valence-corrected chi connectivity index (χ0v) is 12.3. The van der Waals surface area contributed by atoms with Crippen LogP contribution < -0.4 is 15.5 Å². The van der Waals surface area contributed by atoms with E-state index in [-0.39, 0.29) is 17.3 Å². The van der Waals surface area contributed by atoms with Crippen LogP contribution in [0.3, 0.4) is 0 Å². The van der Waals surface area contributed by atoms with Crippen molar-refractivity contribution in [1.29, 1.82) is 0 Å². The van der Waals surface area contributed by atoms with Crippen LogP contribution in [0.15, 0.2) is 38.9 Å². The molecule has 7 heteroatoms. The number of aromatic nitrogens is 1. The Morgan fingerprint density at radius 1 is 1.37 bits per heavy atom. The summed E-state index contributed by atoms with van der Waals surface area (Å²) < 4.78 is 0.838. The van der Waals surface area contributed by atoms with E-state index in [1.54, 1.807) is 5.38 Å². The van der Waals surface area contributed by atoms with Crippen LogP contribution in [0.25, 0.3) is 0 Å². The number of hydrogen-bond donors (Lipinski definition) is 3. The molecule has 0 atom stereocenters. The minimum atomic E-state index is -0.135. The Morgan fingerprint density at radius 3 is 2.84 bits per heavy atom. The molecular weight excluding hydrogens is 330 g/mol. The molecule has 0 unspecified atom stereocenters. The monoisotopic (exact) mass is 341 g/mol. The van der Waals surface area contributed by atoms with Gasteiger partial charge >= 0.3 is 4.87 Å². The Hall–Kier alpha value is -1.44. The maximum Gasteiger partial charge on any atom is 0.304 e. The maximum atomic E-state index is 11.7. The van der Waals surface area contributed by atoms with Crippen LogP contribution in [0.4, 0.5) is 5.69 Å². The standard InChI is InChI=1S/C12H12BrN3O2S/c13-9-3-1-2-4-10(9)16-11(17)6-14-5-8-7-19-12(18)15-8/h1-4,7,14H,5-6H2,(H,15,18)(H,16,17). The molecule has 1 amide bonds. The lowest BCUT2D eigenvalue weighted by Crippen LogP contribution is -2.28. The largest absolute Gasteiger partial charge is 0.324 e. The summed E-state index contributed by atoms with van der Waals surface area (Å²) in [7, 11) is 0. The van der Waals surface area contributed by atoms with Crippen molar-refractivity contribution in [2.45, 2.75) is 6.54 Å². The van der Waals surface area contributed by atoms with Gasteiger partial charge in [0.25, 0.3) is 0 Å². The highest BCUT2D eigenvalue weighted by atomic mass is 79.9. The summed E-state index contributed by atoms with van der Waals surface area (Å²) in [5, 5.41) is 7.48. The fourth-order valence-corrected chi connectivity index (χ4v) is 2.43. The van der Waals surface area contributed by atoms with E-state index in [9.17, 15) is 9.59 Å². The molecule has 100 valence electrons. The molecular formula is C12H12BrN3O2S. The van der Waals surface area contributed by atoms with Gasteiger partial charge in [0.05, 0.1) is 12.2 Å². The summed E-state index contributed by atoms with van der Waals surface area (Å²) in [6, 6.07) is 7.41. The third-order valence-electron chi connectivity index (χ3n) is 2.32. The molecule has 3 N–H and O–H groups in total. The molecule has 1 aromatic heterocycles. The average molecular weight is 342 g/mol. The average Bonchev–Trinajstić information content (AvgIpc) is 2.78. The number of thiazole rings is 1. The summed E-state index contributed by atoms with van der Waals surface area (Å²) in [6.07, 6.45) is 0. The first-order valence-electron chi connectivity index (χ1n) is 5.57. The van der Waals surface area contributed by atoms with E-state index in [0.717, 1.165) is 27.2 Å². The van der Waals surface area contributed by atoms with E-state index in [4.69, 9.17) is 0 Å². The van der Waals surface area contributed by atoms with Gasteiger partial charge in [0.15, 0.2) is 0 Å². The lowest BCUT2D eigenvalue weighted by atomic mass is 10.3. The van der Waals surface area contributed by atoms with E-state index in [1.807, 2.05) is 24.3 Å². The molecule has 0 aliphatic rings. The number of anilines is 1. The Kier molecular flexibility index (Phi) is 4.89. The van der Waals surface area contributed by atoms with Crippen LogP contribution >= 0.6 is 27.3 Å². The highest BCUT2D eigenvalue weighted by Crippen LogP contribution is 2.20. The summed E-state index contributed by atoms with van der Waals surface area (Å²) in [5.41, 5.74) is 1.52. The van der Waals surface area contributed by atoms with Crippen molar-refractivity contribution >= 4 is 38.9 Å². The fraction of sp³-hybridized carbons (Fsp3) is 0.167. The van der Waals surface area contributed by atoms with Crippen molar-refractivity contribution in [3.63, 3.8) is 0 Å². The second-order valence-corrected chi connectivity index (χ2v) is 5.50. The summed E-state index contributed by atoms with van der Waals surface area (Å²) in [5.74, 6) is -0.135. The molecule has 0 saturated heterocycles. The Bertz CT molecular complexity index is 623. The van der Waals surface area contributed by atoms with Crippen molar-refractivity contribution in [3.8, 4) is 0 Å². The van der Waals surface area contributed by atoms with E-state index in [2.05, 4.69) is 31.5 Å². The van der Waals surface area contributed by atoms with Gasteiger partial charge in [-0.1, -0.05) is 23.5 Å². The molecule has 1 heterocycles. The molecule has 0 fully saturated rings. The van der Waals surface area contributed by atoms with Gasteiger partial charge in [0.1, 0.15) is 0 Å². The second kappa shape index (κ2) is 6.65. The van der Waals surface area contributed by atoms with Gasteiger partial charge in [-0.3, -0.25) is 9.59 Å². The highest BCUT2D eigenvalue weighted by Gasteiger charge is 2.04. The van der Waals surface area contributed by atoms with Crippen LogP contribution in [0.2, 0.25) is 0 Å². The molecule has 2 rings (SSSR count). The topological polar surface area (TPSA) is 74.0 Å². The first kappa shape index (κ1) is 14.0. The molecule has 0 aliphatic heterocycles. The molecule has 5 nitrogen and oxygen atoms in total. The normalized spacial score (nSPS) is 10.4. The van der Waals surface area contributed by atoms with Crippen molar-refractivity contribution in [1.82, 2.24) is 10.3 Å². The predicted molar refractivity (Wildman–Crippen MR) is 79.4 cm³/mol. The number of benzene rings is 1. The number of hydrogen-bond acceptors (Lipinski definition) is 4. The Balaban J connectivity index is 1.79. The molecule has 2 aromatic rings. The van der Waals surface area contributed by atoms with Gasteiger partial charge in [-0.2, -0.15) is 0 Å². The fourth-order valence-electron chi connectivity index (χ4n) is 1.47.